The molecule has 1 saturated heterocycles. The molecule has 1 aliphatic rings. The monoisotopic (exact) mass is 486 g/mol. The SMILES string of the molecule is Nc1ncc(-c2cccnc2F)cc1C(=O)N[C@H]1COC[C@@H]1OCc1ccc(Br)cc1. The number of rotatable bonds is 6. The number of benzene rings is 1. The molecule has 1 fully saturated rings. The van der Waals surface area contributed by atoms with Gasteiger partial charge in [-0.1, -0.05) is 28.1 Å². The molecule has 3 heterocycles. The van der Waals surface area contributed by atoms with Crippen molar-refractivity contribution in [1.82, 2.24) is 15.3 Å². The lowest BCUT2D eigenvalue weighted by molar-refractivity contribution is 0.0218. The van der Waals surface area contributed by atoms with Crippen molar-refractivity contribution in [3.63, 3.8) is 0 Å². The van der Waals surface area contributed by atoms with E-state index in [0.717, 1.165) is 10.0 Å². The number of nitrogen functional groups attached to an aromatic ring is 1. The Balaban J connectivity index is 1.45. The molecular weight excluding hydrogens is 467 g/mol. The maximum atomic E-state index is 14.0. The fraction of sp³-hybridized carbons (Fsp3) is 0.227. The van der Waals surface area contributed by atoms with Gasteiger partial charge in [-0.15, -0.1) is 0 Å². The minimum atomic E-state index is -0.647. The Hall–Kier alpha value is -2.88. The number of carbonyl (C=O) groups excluding carboxylic acids is 1. The summed E-state index contributed by atoms with van der Waals surface area (Å²) in [6, 6.07) is 12.1. The Morgan fingerprint density at radius 2 is 2.06 bits per heavy atom. The predicted molar refractivity (Wildman–Crippen MR) is 117 cm³/mol. The zero-order valence-electron chi connectivity index (χ0n) is 16.4. The van der Waals surface area contributed by atoms with Crippen molar-refractivity contribution < 1.29 is 18.7 Å². The first-order valence-corrected chi connectivity index (χ1v) is 10.4. The lowest BCUT2D eigenvalue weighted by Gasteiger charge is -2.20. The summed E-state index contributed by atoms with van der Waals surface area (Å²) in [5.41, 5.74) is 7.73. The molecule has 2 aromatic heterocycles. The van der Waals surface area contributed by atoms with Crippen LogP contribution in [0.1, 0.15) is 15.9 Å². The molecule has 3 N–H and O–H groups in total. The molecule has 3 aromatic rings. The van der Waals surface area contributed by atoms with E-state index in [4.69, 9.17) is 15.2 Å². The highest BCUT2D eigenvalue weighted by molar-refractivity contribution is 9.10. The molecule has 1 aliphatic heterocycles. The van der Waals surface area contributed by atoms with E-state index in [0.29, 0.717) is 25.4 Å². The number of halogens is 2. The number of amides is 1. The Labute approximate surface area is 186 Å². The van der Waals surface area contributed by atoms with E-state index in [2.05, 4.69) is 31.2 Å². The van der Waals surface area contributed by atoms with Gasteiger partial charge in [0.15, 0.2) is 0 Å². The zero-order valence-corrected chi connectivity index (χ0v) is 18.0. The number of nitrogens with one attached hydrogen (secondary N) is 1. The van der Waals surface area contributed by atoms with Crippen molar-refractivity contribution >= 4 is 27.7 Å². The normalized spacial score (nSPS) is 18.1. The Morgan fingerprint density at radius 3 is 2.84 bits per heavy atom. The first kappa shape index (κ1) is 21.4. The van der Waals surface area contributed by atoms with Gasteiger partial charge in [0.1, 0.15) is 11.9 Å². The van der Waals surface area contributed by atoms with E-state index in [9.17, 15) is 9.18 Å². The van der Waals surface area contributed by atoms with Crippen LogP contribution in [0.4, 0.5) is 10.2 Å². The van der Waals surface area contributed by atoms with Crippen molar-refractivity contribution in [2.75, 3.05) is 18.9 Å². The molecule has 2 atom stereocenters. The lowest BCUT2D eigenvalue weighted by atomic mass is 10.1. The molecule has 4 rings (SSSR count). The molecule has 31 heavy (non-hydrogen) atoms. The highest BCUT2D eigenvalue weighted by Gasteiger charge is 2.31. The third kappa shape index (κ3) is 5.07. The van der Waals surface area contributed by atoms with Crippen LogP contribution in [0.5, 0.6) is 0 Å². The number of hydrogen-bond acceptors (Lipinski definition) is 6. The van der Waals surface area contributed by atoms with Crippen LogP contribution in [0.15, 0.2) is 59.3 Å². The van der Waals surface area contributed by atoms with Crippen LogP contribution in [0.3, 0.4) is 0 Å². The summed E-state index contributed by atoms with van der Waals surface area (Å²) >= 11 is 3.40. The van der Waals surface area contributed by atoms with Gasteiger partial charge in [-0.3, -0.25) is 4.79 Å². The van der Waals surface area contributed by atoms with Crippen LogP contribution in [-0.4, -0.2) is 41.2 Å². The largest absolute Gasteiger partial charge is 0.383 e. The van der Waals surface area contributed by atoms with Gasteiger partial charge in [-0.05, 0) is 35.9 Å². The molecule has 0 aliphatic carbocycles. The highest BCUT2D eigenvalue weighted by Crippen LogP contribution is 2.24. The number of hydrogen-bond donors (Lipinski definition) is 2. The smallest absolute Gasteiger partial charge is 0.255 e. The van der Waals surface area contributed by atoms with Crippen LogP contribution in [0, 0.1) is 5.95 Å². The number of ether oxygens (including phenoxy) is 2. The topological polar surface area (TPSA) is 99.4 Å². The third-order valence-electron chi connectivity index (χ3n) is 4.96. The molecule has 1 aromatic carbocycles. The van der Waals surface area contributed by atoms with Crippen molar-refractivity contribution in [3.8, 4) is 11.1 Å². The van der Waals surface area contributed by atoms with Gasteiger partial charge in [0.2, 0.25) is 5.95 Å². The Kier molecular flexibility index (Phi) is 6.55. The molecule has 1 amide bonds. The van der Waals surface area contributed by atoms with Gasteiger partial charge in [0.25, 0.3) is 5.91 Å². The van der Waals surface area contributed by atoms with Crippen molar-refractivity contribution in [2.45, 2.75) is 18.8 Å². The van der Waals surface area contributed by atoms with Gasteiger partial charge < -0.3 is 20.5 Å². The molecule has 0 radical (unpaired) electrons. The van der Waals surface area contributed by atoms with Gasteiger partial charge in [0.05, 0.1) is 31.4 Å². The minimum Gasteiger partial charge on any atom is -0.383 e. The molecule has 0 spiro atoms. The molecule has 0 unspecified atom stereocenters. The van der Waals surface area contributed by atoms with E-state index >= 15 is 0 Å². The second kappa shape index (κ2) is 9.51. The van der Waals surface area contributed by atoms with Crippen LogP contribution in [0.2, 0.25) is 0 Å². The molecule has 7 nitrogen and oxygen atoms in total. The summed E-state index contributed by atoms with van der Waals surface area (Å²) in [4.78, 5) is 20.6. The van der Waals surface area contributed by atoms with Gasteiger partial charge >= 0.3 is 0 Å². The van der Waals surface area contributed by atoms with E-state index < -0.39 is 11.9 Å². The number of anilines is 1. The van der Waals surface area contributed by atoms with Crippen LogP contribution >= 0.6 is 15.9 Å². The highest BCUT2D eigenvalue weighted by atomic mass is 79.9. The molecular formula is C22H20BrFN4O3. The molecule has 9 heteroatoms. The average molecular weight is 487 g/mol. The quantitative estimate of drug-likeness (QED) is 0.518. The van der Waals surface area contributed by atoms with Crippen molar-refractivity contribution in [3.05, 3.63) is 76.4 Å². The lowest BCUT2D eigenvalue weighted by Crippen LogP contribution is -2.44. The van der Waals surface area contributed by atoms with Crippen LogP contribution in [0.25, 0.3) is 11.1 Å². The third-order valence-corrected chi connectivity index (χ3v) is 5.48. The Morgan fingerprint density at radius 1 is 1.26 bits per heavy atom. The van der Waals surface area contributed by atoms with Crippen molar-refractivity contribution in [2.24, 2.45) is 0 Å². The summed E-state index contributed by atoms with van der Waals surface area (Å²) in [7, 11) is 0. The first-order chi connectivity index (χ1) is 15.0. The summed E-state index contributed by atoms with van der Waals surface area (Å²) in [6.07, 6.45) is 2.46. The second-order valence-electron chi connectivity index (χ2n) is 7.09. The van der Waals surface area contributed by atoms with Gasteiger partial charge in [-0.2, -0.15) is 4.39 Å². The van der Waals surface area contributed by atoms with E-state index in [1.807, 2.05) is 24.3 Å². The van der Waals surface area contributed by atoms with E-state index in [1.54, 1.807) is 12.1 Å². The summed E-state index contributed by atoms with van der Waals surface area (Å²) in [5.74, 6) is -1.02. The van der Waals surface area contributed by atoms with Crippen molar-refractivity contribution in [1.29, 1.82) is 0 Å². The number of nitrogens with zero attached hydrogens (tertiary/aromatic N) is 2. The first-order valence-electron chi connectivity index (χ1n) is 9.62. The number of carbonyl (C=O) groups is 1. The fourth-order valence-electron chi connectivity index (χ4n) is 3.27. The summed E-state index contributed by atoms with van der Waals surface area (Å²) < 4.78 is 26.5. The average Bonchev–Trinajstić information content (AvgIpc) is 3.21. The van der Waals surface area contributed by atoms with Crippen LogP contribution in [-0.2, 0) is 16.1 Å². The van der Waals surface area contributed by atoms with E-state index in [-0.39, 0.29) is 29.1 Å². The maximum absolute atomic E-state index is 14.0. The molecule has 0 saturated carbocycles. The number of nitrogens with two attached hydrogens (primary N) is 1. The summed E-state index contributed by atoms with van der Waals surface area (Å²) in [6.45, 7) is 1.09. The second-order valence-corrected chi connectivity index (χ2v) is 8.01. The number of pyridine rings is 2. The standard InChI is InChI=1S/C22H20BrFN4O3/c23-15-5-3-13(4-6-15)10-31-19-12-30-11-18(19)28-22(29)17-8-14(9-27-21(17)25)16-2-1-7-26-20(16)24/h1-9,18-19H,10-12H2,(H2,25,27)(H,28,29)/t18-,19-/m0/s1. The number of aromatic nitrogens is 2. The van der Waals surface area contributed by atoms with E-state index in [1.165, 1.54) is 18.5 Å². The minimum absolute atomic E-state index is 0.0526. The van der Waals surface area contributed by atoms with Gasteiger partial charge in [-0.25, -0.2) is 9.97 Å². The van der Waals surface area contributed by atoms with Crippen LogP contribution < -0.4 is 11.1 Å². The maximum Gasteiger partial charge on any atom is 0.255 e. The molecule has 160 valence electrons. The Bertz CT molecular complexity index is 1080. The summed E-state index contributed by atoms with van der Waals surface area (Å²) in [5, 5.41) is 2.90. The zero-order chi connectivity index (χ0) is 21.8. The fourth-order valence-corrected chi connectivity index (χ4v) is 3.53. The molecule has 0 bridgehead atoms. The predicted octanol–water partition coefficient (Wildman–Crippen LogP) is 3.34. The van der Waals surface area contributed by atoms with Gasteiger partial charge in [0, 0.05) is 28.0 Å².